The molecule has 1 unspecified atom stereocenters. The number of piperidine rings is 1. The Hall–Kier alpha value is -1.58. The smallest absolute Gasteiger partial charge is 0.191 e. The molecular weight excluding hydrogens is 479 g/mol. The van der Waals surface area contributed by atoms with Crippen LogP contribution in [0.2, 0.25) is 0 Å². The fourth-order valence-electron chi connectivity index (χ4n) is 3.64. The van der Waals surface area contributed by atoms with Crippen LogP contribution in [0.4, 0.5) is 0 Å². The maximum atomic E-state index is 5.72. The summed E-state index contributed by atoms with van der Waals surface area (Å²) in [5.74, 6) is 1.81. The topological polar surface area (TPSA) is 62.0 Å². The van der Waals surface area contributed by atoms with Crippen LogP contribution in [-0.4, -0.2) is 44.7 Å². The molecule has 2 N–H and O–H groups in total. The molecule has 1 saturated heterocycles. The highest BCUT2D eigenvalue weighted by atomic mass is 127. The predicted octanol–water partition coefficient (Wildman–Crippen LogP) is 3.94. The highest BCUT2D eigenvalue weighted by Gasteiger charge is 2.24. The maximum Gasteiger partial charge on any atom is 0.191 e. The minimum absolute atomic E-state index is 0. The zero-order chi connectivity index (χ0) is 19.6. The molecule has 3 rings (SSSR count). The van der Waals surface area contributed by atoms with E-state index in [9.17, 15) is 0 Å². The van der Waals surface area contributed by atoms with Crippen molar-refractivity contribution in [3.63, 3.8) is 0 Å². The highest BCUT2D eigenvalue weighted by Crippen LogP contribution is 2.24. The molecule has 160 valence electrons. The molecule has 0 spiro atoms. The molecule has 0 radical (unpaired) electrons. The number of likely N-dealkylation sites (tertiary alicyclic amines) is 1. The molecule has 0 amide bonds. The third kappa shape index (κ3) is 7.31. The zero-order valence-electron chi connectivity index (χ0n) is 17.4. The Kier molecular flexibility index (Phi) is 10.5. The largest absolute Gasteiger partial charge is 0.468 e. The van der Waals surface area contributed by atoms with Crippen molar-refractivity contribution in [1.82, 2.24) is 15.5 Å². The van der Waals surface area contributed by atoms with Crippen LogP contribution < -0.4 is 10.6 Å². The van der Waals surface area contributed by atoms with Gasteiger partial charge in [0.05, 0.1) is 18.9 Å². The van der Waals surface area contributed by atoms with Gasteiger partial charge in [0, 0.05) is 27.2 Å². The van der Waals surface area contributed by atoms with E-state index in [1.54, 1.807) is 20.4 Å². The molecule has 1 atom stereocenters. The number of nitrogens with one attached hydrogen (secondary N) is 2. The Balaban J connectivity index is 0.00000300. The predicted molar refractivity (Wildman–Crippen MR) is 128 cm³/mol. The Morgan fingerprint density at radius 1 is 1.10 bits per heavy atom. The second-order valence-electron chi connectivity index (χ2n) is 7.18. The molecule has 2 aromatic rings. The van der Waals surface area contributed by atoms with Crippen LogP contribution in [-0.2, 0) is 17.9 Å². The lowest BCUT2D eigenvalue weighted by molar-refractivity contribution is 0.146. The van der Waals surface area contributed by atoms with Crippen molar-refractivity contribution in [3.8, 4) is 0 Å². The van der Waals surface area contributed by atoms with E-state index in [1.165, 1.54) is 30.4 Å². The van der Waals surface area contributed by atoms with Crippen LogP contribution in [0, 0.1) is 0 Å². The lowest BCUT2D eigenvalue weighted by atomic mass is 10.1. The lowest BCUT2D eigenvalue weighted by Gasteiger charge is -2.33. The number of hydrogen-bond acceptors (Lipinski definition) is 4. The van der Waals surface area contributed by atoms with Gasteiger partial charge in [0.25, 0.3) is 0 Å². The van der Waals surface area contributed by atoms with E-state index in [2.05, 4.69) is 50.9 Å². The molecule has 1 aromatic heterocycles. The van der Waals surface area contributed by atoms with E-state index in [-0.39, 0.29) is 30.0 Å². The molecule has 2 heterocycles. The van der Waals surface area contributed by atoms with Gasteiger partial charge in [0.1, 0.15) is 5.76 Å². The molecule has 0 bridgehead atoms. The van der Waals surface area contributed by atoms with Crippen molar-refractivity contribution in [2.75, 3.05) is 33.8 Å². The van der Waals surface area contributed by atoms with Gasteiger partial charge in [-0.15, -0.1) is 24.0 Å². The van der Waals surface area contributed by atoms with Crippen molar-refractivity contribution in [2.24, 2.45) is 4.99 Å². The van der Waals surface area contributed by atoms with Crippen molar-refractivity contribution in [3.05, 3.63) is 59.5 Å². The number of rotatable bonds is 8. The van der Waals surface area contributed by atoms with Gasteiger partial charge < -0.3 is 19.8 Å². The molecule has 1 fully saturated rings. The second-order valence-corrected chi connectivity index (χ2v) is 7.18. The van der Waals surface area contributed by atoms with E-state index in [0.717, 1.165) is 37.9 Å². The number of guanidine groups is 1. The summed E-state index contributed by atoms with van der Waals surface area (Å²) in [5.41, 5.74) is 2.39. The maximum absolute atomic E-state index is 5.72. The van der Waals surface area contributed by atoms with Crippen molar-refractivity contribution in [1.29, 1.82) is 0 Å². The number of benzene rings is 1. The van der Waals surface area contributed by atoms with E-state index >= 15 is 0 Å². The molecule has 1 aliphatic rings. The summed E-state index contributed by atoms with van der Waals surface area (Å²) in [7, 11) is 3.52. The Labute approximate surface area is 191 Å². The molecular formula is C22H33IN4O2. The summed E-state index contributed by atoms with van der Waals surface area (Å²) in [4.78, 5) is 6.88. The number of ether oxygens (including phenoxy) is 1. The standard InChI is InChI=1S/C22H32N4O2.HI/c1-23-22(24-15-18-8-10-19(11-9-18)17-27-2)25-16-20(21-7-6-14-28-21)26-12-4-3-5-13-26;/h6-11,14,20H,3-5,12-13,15-17H2,1-2H3,(H2,23,24,25);1H. The Bertz CT molecular complexity index is 713. The van der Waals surface area contributed by atoms with E-state index in [4.69, 9.17) is 9.15 Å². The number of aliphatic imine (C=N–C) groups is 1. The van der Waals surface area contributed by atoms with E-state index < -0.39 is 0 Å². The van der Waals surface area contributed by atoms with E-state index in [1.807, 2.05) is 6.07 Å². The number of methoxy groups -OCH3 is 1. The van der Waals surface area contributed by atoms with Crippen LogP contribution >= 0.6 is 24.0 Å². The first-order valence-corrected chi connectivity index (χ1v) is 10.1. The molecule has 29 heavy (non-hydrogen) atoms. The number of hydrogen-bond donors (Lipinski definition) is 2. The second kappa shape index (κ2) is 12.9. The van der Waals surface area contributed by atoms with Gasteiger partial charge in [0.15, 0.2) is 5.96 Å². The summed E-state index contributed by atoms with van der Waals surface area (Å²) in [5, 5.41) is 6.87. The molecule has 0 aliphatic carbocycles. The first-order chi connectivity index (χ1) is 13.8. The van der Waals surface area contributed by atoms with E-state index in [0.29, 0.717) is 6.61 Å². The van der Waals surface area contributed by atoms with Gasteiger partial charge >= 0.3 is 0 Å². The van der Waals surface area contributed by atoms with Gasteiger partial charge in [0.2, 0.25) is 0 Å². The molecule has 7 heteroatoms. The first-order valence-electron chi connectivity index (χ1n) is 10.1. The quantitative estimate of drug-likeness (QED) is 0.319. The van der Waals surface area contributed by atoms with Crippen LogP contribution in [0.15, 0.2) is 52.1 Å². The zero-order valence-corrected chi connectivity index (χ0v) is 19.7. The Morgan fingerprint density at radius 2 is 1.83 bits per heavy atom. The highest BCUT2D eigenvalue weighted by molar-refractivity contribution is 14.0. The molecule has 1 aliphatic heterocycles. The third-order valence-corrected chi connectivity index (χ3v) is 5.18. The van der Waals surface area contributed by atoms with Gasteiger partial charge in [-0.2, -0.15) is 0 Å². The van der Waals surface area contributed by atoms with Gasteiger partial charge in [-0.25, -0.2) is 0 Å². The normalized spacial score (nSPS) is 16.1. The first kappa shape index (κ1) is 23.7. The van der Waals surface area contributed by atoms with Gasteiger partial charge in [-0.05, 0) is 49.2 Å². The van der Waals surface area contributed by atoms with Crippen molar-refractivity contribution < 1.29 is 9.15 Å². The summed E-state index contributed by atoms with van der Waals surface area (Å²) in [6.07, 6.45) is 5.58. The molecule has 0 saturated carbocycles. The summed E-state index contributed by atoms with van der Waals surface area (Å²) in [6, 6.07) is 12.7. The Morgan fingerprint density at radius 3 is 2.45 bits per heavy atom. The molecule has 6 nitrogen and oxygen atoms in total. The average Bonchev–Trinajstić information content (AvgIpc) is 3.27. The fourth-order valence-corrected chi connectivity index (χ4v) is 3.64. The van der Waals surface area contributed by atoms with Crippen molar-refractivity contribution >= 4 is 29.9 Å². The average molecular weight is 512 g/mol. The monoisotopic (exact) mass is 512 g/mol. The SMILES string of the molecule is CN=C(NCc1ccc(COC)cc1)NCC(c1ccco1)N1CCCCC1.I. The van der Waals surface area contributed by atoms with Crippen LogP contribution in [0.5, 0.6) is 0 Å². The minimum atomic E-state index is 0. The minimum Gasteiger partial charge on any atom is -0.468 e. The molecule has 1 aromatic carbocycles. The fraction of sp³-hybridized carbons (Fsp3) is 0.500. The summed E-state index contributed by atoms with van der Waals surface area (Å²) < 4.78 is 10.9. The third-order valence-electron chi connectivity index (χ3n) is 5.18. The summed E-state index contributed by atoms with van der Waals surface area (Å²) in [6.45, 7) is 4.36. The summed E-state index contributed by atoms with van der Waals surface area (Å²) >= 11 is 0. The number of furan rings is 1. The lowest BCUT2D eigenvalue weighted by Crippen LogP contribution is -2.44. The number of halogens is 1. The van der Waals surface area contributed by atoms with Crippen LogP contribution in [0.25, 0.3) is 0 Å². The van der Waals surface area contributed by atoms with Gasteiger partial charge in [-0.3, -0.25) is 9.89 Å². The van der Waals surface area contributed by atoms with Crippen molar-refractivity contribution in [2.45, 2.75) is 38.5 Å². The number of nitrogens with zero attached hydrogens (tertiary/aromatic N) is 2. The van der Waals surface area contributed by atoms with Crippen LogP contribution in [0.1, 0.15) is 42.2 Å². The van der Waals surface area contributed by atoms with Crippen LogP contribution in [0.3, 0.4) is 0 Å². The van der Waals surface area contributed by atoms with Gasteiger partial charge in [-0.1, -0.05) is 30.7 Å².